The highest BCUT2D eigenvalue weighted by atomic mass is 19.4. The molecule has 2 heterocycles. The van der Waals surface area contributed by atoms with Crippen molar-refractivity contribution in [2.24, 2.45) is 11.3 Å². The molecule has 13 heteroatoms. The number of carbonyl (C=O) groups is 1. The third-order valence-corrected chi connectivity index (χ3v) is 7.89. The highest BCUT2D eigenvalue weighted by Crippen LogP contribution is 2.47. The van der Waals surface area contributed by atoms with Gasteiger partial charge in [-0.3, -0.25) is 4.79 Å². The molecular formula is C24H30F6N6O. The summed E-state index contributed by atoms with van der Waals surface area (Å²) in [5.41, 5.74) is -3.78. The van der Waals surface area contributed by atoms with E-state index in [4.69, 9.17) is 0 Å². The number of hydrogen-bond donors (Lipinski definition) is 1. The van der Waals surface area contributed by atoms with Gasteiger partial charge in [-0.05, 0) is 67.0 Å². The van der Waals surface area contributed by atoms with Gasteiger partial charge in [0, 0.05) is 25.7 Å². The summed E-state index contributed by atoms with van der Waals surface area (Å²) in [4.78, 5) is 17.4. The Morgan fingerprint density at radius 2 is 1.65 bits per heavy atom. The Morgan fingerprint density at radius 3 is 2.16 bits per heavy atom. The lowest BCUT2D eigenvalue weighted by Gasteiger charge is -2.37. The van der Waals surface area contributed by atoms with E-state index in [0.717, 1.165) is 32.4 Å². The molecule has 0 bridgehead atoms. The van der Waals surface area contributed by atoms with Crippen molar-refractivity contribution in [2.45, 2.75) is 76.9 Å². The van der Waals surface area contributed by atoms with Crippen LogP contribution in [0.3, 0.4) is 0 Å². The normalized spacial score (nSPS) is 24.1. The van der Waals surface area contributed by atoms with E-state index < -0.39 is 35.4 Å². The van der Waals surface area contributed by atoms with E-state index in [0.29, 0.717) is 25.0 Å². The number of piperidine rings is 1. The van der Waals surface area contributed by atoms with Gasteiger partial charge < -0.3 is 10.2 Å². The number of tetrazole rings is 1. The van der Waals surface area contributed by atoms with Crippen molar-refractivity contribution >= 4 is 5.91 Å². The molecule has 7 nitrogen and oxygen atoms in total. The monoisotopic (exact) mass is 532 g/mol. The quantitative estimate of drug-likeness (QED) is 0.538. The summed E-state index contributed by atoms with van der Waals surface area (Å²) in [6.45, 7) is 5.07. The van der Waals surface area contributed by atoms with Crippen molar-refractivity contribution in [3.63, 3.8) is 0 Å². The number of nitrogens with zero attached hydrogens (tertiary/aromatic N) is 5. The van der Waals surface area contributed by atoms with E-state index in [-0.39, 0.29) is 35.5 Å². The number of likely N-dealkylation sites (tertiary alicyclic amines) is 1. The van der Waals surface area contributed by atoms with Gasteiger partial charge in [0.25, 0.3) is 0 Å². The summed E-state index contributed by atoms with van der Waals surface area (Å²) in [6.07, 6.45) is -4.79. The van der Waals surface area contributed by atoms with E-state index in [1.807, 2.05) is 13.8 Å². The fourth-order valence-corrected chi connectivity index (χ4v) is 5.66. The number of rotatable bonds is 6. The molecule has 37 heavy (non-hydrogen) atoms. The Kier molecular flexibility index (Phi) is 7.55. The second kappa shape index (κ2) is 10.2. The maximum atomic E-state index is 13.4. The van der Waals surface area contributed by atoms with Crippen LogP contribution in [0.25, 0.3) is 0 Å². The van der Waals surface area contributed by atoms with Crippen molar-refractivity contribution in [1.82, 2.24) is 30.4 Å². The second-order valence-electron chi connectivity index (χ2n) is 10.3. The van der Waals surface area contributed by atoms with Crippen LogP contribution < -0.4 is 5.32 Å². The number of aromatic nitrogens is 4. The maximum Gasteiger partial charge on any atom is 0.416 e. The maximum absolute atomic E-state index is 13.4. The predicted octanol–water partition coefficient (Wildman–Crippen LogP) is 4.86. The minimum absolute atomic E-state index is 0.0540. The van der Waals surface area contributed by atoms with E-state index >= 15 is 0 Å². The van der Waals surface area contributed by atoms with Crippen molar-refractivity contribution in [1.29, 1.82) is 0 Å². The topological polar surface area (TPSA) is 75.9 Å². The number of halogens is 6. The van der Waals surface area contributed by atoms with Crippen molar-refractivity contribution in [2.75, 3.05) is 13.1 Å². The van der Waals surface area contributed by atoms with Crippen molar-refractivity contribution in [3.05, 3.63) is 41.2 Å². The summed E-state index contributed by atoms with van der Waals surface area (Å²) in [7, 11) is 0. The minimum atomic E-state index is -4.94. The Bertz CT molecular complexity index is 1050. The third kappa shape index (κ3) is 5.91. The molecule has 1 N–H and O–H groups in total. The van der Waals surface area contributed by atoms with Crippen LogP contribution in [0.15, 0.2) is 24.5 Å². The molecule has 2 aliphatic rings. The highest BCUT2D eigenvalue weighted by Gasteiger charge is 2.49. The van der Waals surface area contributed by atoms with Gasteiger partial charge in [0.1, 0.15) is 0 Å². The first kappa shape index (κ1) is 27.3. The predicted molar refractivity (Wildman–Crippen MR) is 121 cm³/mol. The van der Waals surface area contributed by atoms with Crippen LogP contribution in [0.4, 0.5) is 26.3 Å². The molecule has 0 spiro atoms. The molecule has 0 radical (unpaired) electrons. The molecule has 2 fully saturated rings. The van der Waals surface area contributed by atoms with Gasteiger partial charge in [-0.1, -0.05) is 13.8 Å². The van der Waals surface area contributed by atoms with Crippen LogP contribution in [0, 0.1) is 11.3 Å². The van der Waals surface area contributed by atoms with Crippen LogP contribution in [0.1, 0.15) is 68.7 Å². The van der Waals surface area contributed by atoms with Crippen LogP contribution in [-0.2, 0) is 23.7 Å². The Balaban J connectivity index is 1.43. The lowest BCUT2D eigenvalue weighted by atomic mass is 9.74. The molecule has 2 atom stereocenters. The van der Waals surface area contributed by atoms with Gasteiger partial charge in [0.2, 0.25) is 5.91 Å². The Labute approximate surface area is 210 Å². The van der Waals surface area contributed by atoms with Gasteiger partial charge >= 0.3 is 12.4 Å². The third-order valence-electron chi connectivity index (χ3n) is 7.89. The number of nitrogens with one attached hydrogen (secondary N) is 1. The molecule has 1 aliphatic carbocycles. The van der Waals surface area contributed by atoms with Crippen molar-refractivity contribution < 1.29 is 31.1 Å². The van der Waals surface area contributed by atoms with E-state index in [9.17, 15) is 31.1 Å². The van der Waals surface area contributed by atoms with Crippen LogP contribution in [-0.4, -0.2) is 50.1 Å². The molecule has 204 valence electrons. The summed E-state index contributed by atoms with van der Waals surface area (Å²) >= 11 is 0. The highest BCUT2D eigenvalue weighted by molar-refractivity contribution is 5.83. The zero-order valence-electron chi connectivity index (χ0n) is 20.6. The second-order valence-corrected chi connectivity index (χ2v) is 10.3. The van der Waals surface area contributed by atoms with Crippen molar-refractivity contribution in [3.8, 4) is 0 Å². The Morgan fingerprint density at radius 1 is 1.03 bits per heavy atom. The molecule has 1 saturated carbocycles. The lowest BCUT2D eigenvalue weighted by molar-refractivity contribution is -0.143. The molecule has 2 aromatic rings. The molecule has 1 saturated heterocycles. The fourth-order valence-electron chi connectivity index (χ4n) is 5.66. The van der Waals surface area contributed by atoms with E-state index in [2.05, 4.69) is 25.6 Å². The van der Waals surface area contributed by atoms with Gasteiger partial charge in [-0.15, -0.1) is 10.2 Å². The number of carbonyl (C=O) groups excluding carboxylic acids is 1. The van der Waals surface area contributed by atoms with Gasteiger partial charge in [0.15, 0.2) is 6.33 Å². The summed E-state index contributed by atoms with van der Waals surface area (Å²) in [5, 5.41) is 14.5. The minimum Gasteiger partial charge on any atom is -0.352 e. The summed E-state index contributed by atoms with van der Waals surface area (Å²) in [5.74, 6) is -0.390. The zero-order chi connectivity index (χ0) is 27.0. The molecule has 1 aromatic heterocycles. The first-order valence-electron chi connectivity index (χ1n) is 12.3. The first-order chi connectivity index (χ1) is 17.3. The number of amides is 1. The van der Waals surface area contributed by atoms with E-state index in [1.54, 1.807) is 4.80 Å². The standard InChI is InChI=1S/C24H30F6N6O/c1-15(2)22(6-3-20(12-22)35-7-4-19(5-8-35)36-33-14-32-34-36)21(37)31-13-16-9-17(23(25,26)27)11-18(10-16)24(28,29)30/h9-11,14-15,19-20H,3-8,12-13H2,1-2H3,(H,31,37)/t20-,22+/m1/s1. The van der Waals surface area contributed by atoms with Crippen LogP contribution in [0.5, 0.6) is 0 Å². The number of alkyl halides is 6. The first-order valence-corrected chi connectivity index (χ1v) is 12.3. The smallest absolute Gasteiger partial charge is 0.352 e. The average molecular weight is 533 g/mol. The zero-order valence-corrected chi connectivity index (χ0v) is 20.6. The molecule has 1 aliphatic heterocycles. The molecule has 1 amide bonds. The van der Waals surface area contributed by atoms with Gasteiger partial charge in [0.05, 0.1) is 22.6 Å². The average Bonchev–Trinajstić information content (AvgIpc) is 3.53. The number of hydrogen-bond acceptors (Lipinski definition) is 5. The van der Waals surface area contributed by atoms with Gasteiger partial charge in [-0.25, -0.2) is 0 Å². The molecule has 0 unspecified atom stereocenters. The van der Waals surface area contributed by atoms with E-state index in [1.165, 1.54) is 6.33 Å². The largest absolute Gasteiger partial charge is 0.416 e. The summed E-state index contributed by atoms with van der Waals surface area (Å²) < 4.78 is 79.2. The lowest BCUT2D eigenvalue weighted by Crippen LogP contribution is -2.46. The fraction of sp³-hybridized carbons (Fsp3) is 0.667. The molecular weight excluding hydrogens is 502 g/mol. The number of benzene rings is 1. The molecule has 4 rings (SSSR count). The van der Waals surface area contributed by atoms with Crippen LogP contribution in [0.2, 0.25) is 0 Å². The Hall–Kier alpha value is -2.70. The SMILES string of the molecule is CC(C)[C@]1(C(=O)NCc2cc(C(F)(F)F)cc(C(F)(F)F)c2)CC[C@@H](N2CCC(n3ncnn3)CC2)C1. The van der Waals surface area contributed by atoms with Crippen LogP contribution >= 0.6 is 0 Å². The molecule has 1 aromatic carbocycles. The van der Waals surface area contributed by atoms with Gasteiger partial charge in [-0.2, -0.15) is 31.1 Å². The summed E-state index contributed by atoms with van der Waals surface area (Å²) in [6, 6.07) is 1.74.